The number of nitrogens with one attached hydrogen (secondary N) is 1. The SMILES string of the molecule is CCCCCCCCCCCCC/C=C/[C@@H](O)[C@H](COC(=O)CCC(=O)OC(C)(C)CCOC(C)(C)C)NC=O. The smallest absolute Gasteiger partial charge is 0.306 e. The number of esters is 2. The molecule has 234 valence electrons. The largest absolute Gasteiger partial charge is 0.463 e. The number of carbonyl (C=O) groups excluding carboxylic acids is 3. The van der Waals surface area contributed by atoms with E-state index in [9.17, 15) is 19.5 Å². The van der Waals surface area contributed by atoms with E-state index in [1.54, 1.807) is 19.9 Å². The first-order chi connectivity index (χ1) is 18.9. The molecule has 2 atom stereocenters. The van der Waals surface area contributed by atoms with E-state index in [4.69, 9.17) is 14.2 Å². The Balaban J connectivity index is 4.14. The highest BCUT2D eigenvalue weighted by atomic mass is 16.6. The van der Waals surface area contributed by atoms with Crippen LogP contribution in [0.4, 0.5) is 0 Å². The van der Waals surface area contributed by atoms with Crippen molar-refractivity contribution in [3.05, 3.63) is 12.2 Å². The number of unbranched alkanes of at least 4 members (excludes halogenated alkanes) is 11. The quantitative estimate of drug-likeness (QED) is 0.0553. The Hall–Kier alpha value is -1.93. The molecule has 0 aromatic heterocycles. The van der Waals surface area contributed by atoms with E-state index in [0.717, 1.165) is 19.3 Å². The second kappa shape index (κ2) is 22.7. The number of aliphatic hydroxyl groups excluding tert-OH is 1. The number of ether oxygens (including phenoxy) is 3. The monoisotopic (exact) mass is 569 g/mol. The lowest BCUT2D eigenvalue weighted by molar-refractivity contribution is -0.161. The first kappa shape index (κ1) is 38.1. The van der Waals surface area contributed by atoms with Gasteiger partial charge in [0.25, 0.3) is 0 Å². The maximum atomic E-state index is 12.2. The summed E-state index contributed by atoms with van der Waals surface area (Å²) in [6.45, 7) is 12.0. The Morgan fingerprint density at radius 3 is 1.95 bits per heavy atom. The van der Waals surface area contributed by atoms with Crippen LogP contribution in [0, 0.1) is 0 Å². The average molecular weight is 570 g/mol. The number of rotatable bonds is 25. The van der Waals surface area contributed by atoms with Crippen molar-refractivity contribution in [2.45, 2.75) is 161 Å². The zero-order valence-corrected chi connectivity index (χ0v) is 26.3. The Bertz CT molecular complexity index is 700. The van der Waals surface area contributed by atoms with Crippen LogP contribution in [0.3, 0.4) is 0 Å². The molecular weight excluding hydrogens is 510 g/mol. The molecule has 8 nitrogen and oxygen atoms in total. The molecular formula is C32H59NO7. The molecule has 0 rings (SSSR count). The van der Waals surface area contributed by atoms with Gasteiger partial charge in [-0.2, -0.15) is 0 Å². The third-order valence-electron chi connectivity index (χ3n) is 6.59. The highest BCUT2D eigenvalue weighted by Crippen LogP contribution is 2.18. The summed E-state index contributed by atoms with van der Waals surface area (Å²) in [6, 6.07) is -0.760. The maximum absolute atomic E-state index is 12.2. The molecule has 0 saturated carbocycles. The summed E-state index contributed by atoms with van der Waals surface area (Å²) in [5.74, 6) is -1.09. The van der Waals surface area contributed by atoms with Crippen LogP contribution in [-0.2, 0) is 28.6 Å². The van der Waals surface area contributed by atoms with Crippen LogP contribution >= 0.6 is 0 Å². The molecule has 0 aliphatic rings. The average Bonchev–Trinajstić information content (AvgIpc) is 2.86. The molecule has 0 saturated heterocycles. The van der Waals surface area contributed by atoms with Crippen LogP contribution < -0.4 is 5.32 Å². The Kier molecular flexibility index (Phi) is 21.6. The van der Waals surface area contributed by atoms with Gasteiger partial charge in [0.1, 0.15) is 12.2 Å². The zero-order valence-electron chi connectivity index (χ0n) is 26.3. The molecule has 1 amide bonds. The lowest BCUT2D eigenvalue weighted by atomic mass is 10.0. The highest BCUT2D eigenvalue weighted by molar-refractivity contribution is 5.77. The number of hydrogen-bond donors (Lipinski definition) is 2. The lowest BCUT2D eigenvalue weighted by Crippen LogP contribution is -2.42. The van der Waals surface area contributed by atoms with E-state index < -0.39 is 29.7 Å². The van der Waals surface area contributed by atoms with Crippen molar-refractivity contribution in [3.8, 4) is 0 Å². The minimum atomic E-state index is -0.980. The number of carbonyl (C=O) groups is 3. The van der Waals surface area contributed by atoms with Gasteiger partial charge in [0.05, 0.1) is 37.2 Å². The second-order valence-corrected chi connectivity index (χ2v) is 12.3. The third-order valence-corrected chi connectivity index (χ3v) is 6.59. The molecule has 2 N–H and O–H groups in total. The van der Waals surface area contributed by atoms with Gasteiger partial charge in [-0.25, -0.2) is 0 Å². The number of aliphatic hydroxyl groups is 1. The zero-order chi connectivity index (χ0) is 30.3. The van der Waals surface area contributed by atoms with Gasteiger partial charge in [-0.3, -0.25) is 14.4 Å². The standard InChI is InChI=1S/C32H59NO7/c1-7-8-9-10-11-12-13-14-15-16-17-18-19-20-28(35)27(33-26-34)25-38-29(36)21-22-30(37)40-32(5,6)23-24-39-31(2,3)4/h19-20,26-28,35H,7-18,21-25H2,1-6H3,(H,33,34)/b20-19+/t27-,28+/m0/s1. The molecule has 8 heteroatoms. The van der Waals surface area contributed by atoms with Gasteiger partial charge < -0.3 is 24.6 Å². The topological polar surface area (TPSA) is 111 Å². The van der Waals surface area contributed by atoms with E-state index in [1.807, 2.05) is 26.8 Å². The summed E-state index contributed by atoms with van der Waals surface area (Å²) in [5.41, 5.74) is -0.981. The molecule has 40 heavy (non-hydrogen) atoms. The number of amides is 1. The minimum Gasteiger partial charge on any atom is -0.463 e. The van der Waals surface area contributed by atoms with E-state index in [2.05, 4.69) is 12.2 Å². The molecule has 0 radical (unpaired) electrons. The normalized spacial score (nSPS) is 13.7. The van der Waals surface area contributed by atoms with E-state index in [0.29, 0.717) is 19.4 Å². The molecule has 0 spiro atoms. The summed E-state index contributed by atoms with van der Waals surface area (Å²) < 4.78 is 16.4. The molecule has 0 unspecified atom stereocenters. The van der Waals surface area contributed by atoms with Gasteiger partial charge >= 0.3 is 11.9 Å². The third kappa shape index (κ3) is 23.9. The van der Waals surface area contributed by atoms with Gasteiger partial charge in [-0.05, 0) is 47.5 Å². The predicted molar refractivity (Wildman–Crippen MR) is 160 cm³/mol. The fourth-order valence-corrected chi connectivity index (χ4v) is 4.10. The van der Waals surface area contributed by atoms with Gasteiger partial charge in [-0.15, -0.1) is 0 Å². The molecule has 0 fully saturated rings. The van der Waals surface area contributed by atoms with Crippen LogP contribution in [0.5, 0.6) is 0 Å². The van der Waals surface area contributed by atoms with E-state index in [1.165, 1.54) is 57.8 Å². The van der Waals surface area contributed by atoms with Crippen molar-refractivity contribution in [1.82, 2.24) is 5.32 Å². The summed E-state index contributed by atoms with van der Waals surface area (Å²) in [4.78, 5) is 35.3. The van der Waals surface area contributed by atoms with Gasteiger partial charge in [-0.1, -0.05) is 83.3 Å². The number of allylic oxidation sites excluding steroid dienone is 1. The molecule has 0 heterocycles. The van der Waals surface area contributed by atoms with Crippen LogP contribution in [0.25, 0.3) is 0 Å². The van der Waals surface area contributed by atoms with Crippen molar-refractivity contribution >= 4 is 18.3 Å². The Morgan fingerprint density at radius 2 is 1.40 bits per heavy atom. The summed E-state index contributed by atoms with van der Waals surface area (Å²) in [5, 5.41) is 12.9. The van der Waals surface area contributed by atoms with Crippen molar-refractivity contribution < 1.29 is 33.7 Å². The summed E-state index contributed by atoms with van der Waals surface area (Å²) >= 11 is 0. The van der Waals surface area contributed by atoms with Crippen molar-refractivity contribution in [1.29, 1.82) is 0 Å². The Morgan fingerprint density at radius 1 is 0.850 bits per heavy atom. The Labute approximate surface area is 244 Å². The summed E-state index contributed by atoms with van der Waals surface area (Å²) in [7, 11) is 0. The maximum Gasteiger partial charge on any atom is 0.306 e. The lowest BCUT2D eigenvalue weighted by Gasteiger charge is -2.27. The first-order valence-corrected chi connectivity index (χ1v) is 15.5. The van der Waals surface area contributed by atoms with Crippen LogP contribution in [0.1, 0.15) is 138 Å². The fraction of sp³-hybridized carbons (Fsp3) is 0.844. The van der Waals surface area contributed by atoms with E-state index >= 15 is 0 Å². The van der Waals surface area contributed by atoms with Gasteiger partial charge in [0.15, 0.2) is 0 Å². The number of hydrogen-bond acceptors (Lipinski definition) is 7. The molecule has 0 aliphatic carbocycles. The van der Waals surface area contributed by atoms with E-state index in [-0.39, 0.29) is 25.0 Å². The molecule has 0 bridgehead atoms. The predicted octanol–water partition coefficient (Wildman–Crippen LogP) is 6.57. The van der Waals surface area contributed by atoms with Crippen molar-refractivity contribution in [2.24, 2.45) is 0 Å². The van der Waals surface area contributed by atoms with Crippen molar-refractivity contribution in [3.63, 3.8) is 0 Å². The summed E-state index contributed by atoms with van der Waals surface area (Å²) in [6.07, 6.45) is 18.2. The molecule has 0 aromatic carbocycles. The van der Waals surface area contributed by atoms with Crippen molar-refractivity contribution in [2.75, 3.05) is 13.2 Å². The van der Waals surface area contributed by atoms with Crippen LogP contribution in [0.15, 0.2) is 12.2 Å². The molecule has 0 aromatic rings. The van der Waals surface area contributed by atoms with Crippen LogP contribution in [0.2, 0.25) is 0 Å². The highest BCUT2D eigenvalue weighted by Gasteiger charge is 2.25. The second-order valence-electron chi connectivity index (χ2n) is 12.3. The van der Waals surface area contributed by atoms with Gasteiger partial charge in [0.2, 0.25) is 6.41 Å². The van der Waals surface area contributed by atoms with Crippen LogP contribution in [-0.4, -0.2) is 60.0 Å². The minimum absolute atomic E-state index is 0.115. The molecule has 0 aliphatic heterocycles. The first-order valence-electron chi connectivity index (χ1n) is 15.5. The fourth-order valence-electron chi connectivity index (χ4n) is 4.10. The van der Waals surface area contributed by atoms with Gasteiger partial charge in [0, 0.05) is 6.42 Å².